The van der Waals surface area contributed by atoms with Crippen molar-refractivity contribution in [3.63, 3.8) is 0 Å². The van der Waals surface area contributed by atoms with Gasteiger partial charge in [0, 0.05) is 16.5 Å². The Labute approximate surface area is 207 Å². The smallest absolute Gasteiger partial charge is 0.271 e. The zero-order valence-electron chi connectivity index (χ0n) is 20.0. The van der Waals surface area contributed by atoms with Gasteiger partial charge < -0.3 is 21.3 Å². The van der Waals surface area contributed by atoms with Crippen LogP contribution in [0.2, 0.25) is 0 Å². The summed E-state index contributed by atoms with van der Waals surface area (Å²) in [5.41, 5.74) is 0.252. The molecule has 0 bridgehead atoms. The average Bonchev–Trinajstić information content (AvgIpc) is 3.25. The van der Waals surface area contributed by atoms with Crippen molar-refractivity contribution in [2.75, 3.05) is 0 Å². The van der Waals surface area contributed by atoms with E-state index >= 15 is 0 Å². The van der Waals surface area contributed by atoms with Gasteiger partial charge >= 0.3 is 0 Å². The molecule has 0 saturated heterocycles. The van der Waals surface area contributed by atoms with Crippen LogP contribution in [0.5, 0.6) is 0 Å². The Balaban J connectivity index is 0.000000795. The second kappa shape index (κ2) is 11.6. The average molecular weight is 497 g/mol. The van der Waals surface area contributed by atoms with Crippen molar-refractivity contribution in [1.82, 2.24) is 21.3 Å². The SMILES string of the molecule is CC(C)C.CC(NC(=O)c1cc2ccccc2s1)C(=O)NC1=CNC(c2ccccc2F)NC1=O. The zero-order chi connectivity index (χ0) is 25.5. The van der Waals surface area contributed by atoms with E-state index in [0.717, 1.165) is 16.0 Å². The summed E-state index contributed by atoms with van der Waals surface area (Å²) >= 11 is 1.33. The van der Waals surface area contributed by atoms with Crippen molar-refractivity contribution >= 4 is 39.1 Å². The van der Waals surface area contributed by atoms with Gasteiger partial charge in [0.2, 0.25) is 5.91 Å². The lowest BCUT2D eigenvalue weighted by Gasteiger charge is -2.26. The topological polar surface area (TPSA) is 99.3 Å². The first-order valence-electron chi connectivity index (χ1n) is 11.3. The van der Waals surface area contributed by atoms with E-state index < -0.39 is 29.8 Å². The Morgan fingerprint density at radius 3 is 2.34 bits per heavy atom. The number of halogens is 1. The highest BCUT2D eigenvalue weighted by Gasteiger charge is 2.26. The second-order valence-corrected chi connectivity index (χ2v) is 9.80. The van der Waals surface area contributed by atoms with Crippen LogP contribution in [0.1, 0.15) is 49.1 Å². The van der Waals surface area contributed by atoms with E-state index in [1.54, 1.807) is 24.3 Å². The molecule has 3 aromatic rings. The van der Waals surface area contributed by atoms with Crippen LogP contribution >= 0.6 is 11.3 Å². The molecule has 7 nitrogen and oxygen atoms in total. The molecule has 0 spiro atoms. The molecule has 2 heterocycles. The molecule has 0 radical (unpaired) electrons. The molecule has 184 valence electrons. The molecule has 0 saturated carbocycles. The summed E-state index contributed by atoms with van der Waals surface area (Å²) in [6.07, 6.45) is 0.563. The van der Waals surface area contributed by atoms with Gasteiger partial charge in [0.05, 0.1) is 4.88 Å². The van der Waals surface area contributed by atoms with Gasteiger partial charge in [-0.1, -0.05) is 57.2 Å². The molecule has 1 aliphatic heterocycles. The van der Waals surface area contributed by atoms with Crippen molar-refractivity contribution in [2.24, 2.45) is 5.92 Å². The van der Waals surface area contributed by atoms with Gasteiger partial charge in [0.15, 0.2) is 0 Å². The monoisotopic (exact) mass is 496 g/mol. The lowest BCUT2D eigenvalue weighted by atomic mass is 10.1. The number of hydrogen-bond donors (Lipinski definition) is 4. The number of hydrogen-bond acceptors (Lipinski definition) is 5. The summed E-state index contributed by atoms with van der Waals surface area (Å²) in [6, 6.07) is 14.6. The molecule has 1 aromatic heterocycles. The largest absolute Gasteiger partial charge is 0.366 e. The maximum Gasteiger partial charge on any atom is 0.271 e. The number of carbonyl (C=O) groups excluding carboxylic acids is 3. The van der Waals surface area contributed by atoms with E-state index in [2.05, 4.69) is 42.0 Å². The minimum absolute atomic E-state index is 0.0273. The number of thiophene rings is 1. The van der Waals surface area contributed by atoms with Crippen molar-refractivity contribution < 1.29 is 18.8 Å². The third-order valence-electron chi connectivity index (χ3n) is 4.78. The van der Waals surface area contributed by atoms with Gasteiger partial charge in [-0.25, -0.2) is 4.39 Å². The molecule has 4 N–H and O–H groups in total. The fourth-order valence-electron chi connectivity index (χ4n) is 3.12. The molecule has 3 amide bonds. The number of fused-ring (bicyclic) bond motifs is 1. The van der Waals surface area contributed by atoms with Gasteiger partial charge in [0.25, 0.3) is 11.8 Å². The van der Waals surface area contributed by atoms with Gasteiger partial charge in [-0.15, -0.1) is 11.3 Å². The molecule has 4 rings (SSSR count). The standard InChI is InChI=1S/C22H19FN4O3S.C4H10/c1-12(25-22(30)18-10-13-6-2-5-9-17(13)31-18)20(28)26-16-11-24-19(27-21(16)29)14-7-3-4-8-15(14)23;1-4(2)3/h2-12,19,24H,1H3,(H,25,30)(H,26,28)(H,27,29);4H,1-3H3. The molecule has 2 atom stereocenters. The Morgan fingerprint density at radius 1 is 1.03 bits per heavy atom. The first kappa shape index (κ1) is 25.9. The zero-order valence-corrected chi connectivity index (χ0v) is 20.8. The van der Waals surface area contributed by atoms with Crippen LogP contribution in [0.25, 0.3) is 10.1 Å². The highest BCUT2D eigenvalue weighted by molar-refractivity contribution is 7.20. The van der Waals surface area contributed by atoms with Crippen LogP contribution in [-0.4, -0.2) is 23.8 Å². The molecule has 0 aliphatic carbocycles. The van der Waals surface area contributed by atoms with E-state index in [1.807, 2.05) is 24.3 Å². The quantitative estimate of drug-likeness (QED) is 0.426. The molecule has 9 heteroatoms. The van der Waals surface area contributed by atoms with Gasteiger partial charge in [-0.2, -0.15) is 0 Å². The lowest BCUT2D eigenvalue weighted by Crippen LogP contribution is -2.50. The van der Waals surface area contributed by atoms with Crippen LogP contribution < -0.4 is 21.3 Å². The number of amides is 3. The maximum absolute atomic E-state index is 13.9. The van der Waals surface area contributed by atoms with Crippen molar-refractivity contribution in [3.05, 3.63) is 82.8 Å². The van der Waals surface area contributed by atoms with E-state index in [4.69, 9.17) is 0 Å². The lowest BCUT2D eigenvalue weighted by molar-refractivity contribution is -0.125. The van der Waals surface area contributed by atoms with Gasteiger partial charge in [-0.3, -0.25) is 14.4 Å². The number of nitrogens with one attached hydrogen (secondary N) is 4. The molecule has 0 fully saturated rings. The van der Waals surface area contributed by atoms with Crippen molar-refractivity contribution in [3.8, 4) is 0 Å². The summed E-state index contributed by atoms with van der Waals surface area (Å²) in [4.78, 5) is 37.8. The fraction of sp³-hybridized carbons (Fsp3) is 0.269. The molecular weight excluding hydrogens is 467 g/mol. The Hall–Kier alpha value is -3.72. The third-order valence-corrected chi connectivity index (χ3v) is 5.89. The summed E-state index contributed by atoms with van der Waals surface area (Å²) < 4.78 is 14.9. The predicted molar refractivity (Wildman–Crippen MR) is 136 cm³/mol. The normalized spacial score (nSPS) is 15.8. The Bertz CT molecular complexity index is 1220. The maximum atomic E-state index is 13.9. The molecule has 1 aliphatic rings. The minimum atomic E-state index is -0.879. The van der Waals surface area contributed by atoms with E-state index in [9.17, 15) is 18.8 Å². The molecular formula is C26H29FN4O3S. The highest BCUT2D eigenvalue weighted by atomic mass is 32.1. The Morgan fingerprint density at radius 2 is 1.69 bits per heavy atom. The van der Waals surface area contributed by atoms with Crippen molar-refractivity contribution in [2.45, 2.75) is 39.9 Å². The van der Waals surface area contributed by atoms with Crippen LogP contribution in [-0.2, 0) is 9.59 Å². The molecule has 35 heavy (non-hydrogen) atoms. The van der Waals surface area contributed by atoms with Crippen molar-refractivity contribution in [1.29, 1.82) is 0 Å². The van der Waals surface area contributed by atoms with Crippen LogP contribution in [0.3, 0.4) is 0 Å². The molecule has 2 unspecified atom stereocenters. The highest BCUT2D eigenvalue weighted by Crippen LogP contribution is 2.25. The van der Waals surface area contributed by atoms with E-state index in [1.165, 1.54) is 30.5 Å². The number of benzene rings is 2. The van der Waals surface area contributed by atoms with Crippen LogP contribution in [0.15, 0.2) is 66.5 Å². The molecule has 2 aromatic carbocycles. The fourth-order valence-corrected chi connectivity index (χ4v) is 4.09. The van der Waals surface area contributed by atoms with Crippen LogP contribution in [0, 0.1) is 11.7 Å². The Kier molecular flexibility index (Phi) is 8.59. The van der Waals surface area contributed by atoms with Gasteiger partial charge in [0.1, 0.15) is 23.7 Å². The predicted octanol–water partition coefficient (Wildman–Crippen LogP) is 4.20. The number of carbonyl (C=O) groups is 3. The third kappa shape index (κ3) is 6.89. The summed E-state index contributed by atoms with van der Waals surface area (Å²) in [7, 11) is 0. The van der Waals surface area contributed by atoms with Crippen LogP contribution in [0.4, 0.5) is 4.39 Å². The van der Waals surface area contributed by atoms with E-state index in [0.29, 0.717) is 4.88 Å². The van der Waals surface area contributed by atoms with E-state index in [-0.39, 0.29) is 17.2 Å². The minimum Gasteiger partial charge on any atom is -0.366 e. The summed E-state index contributed by atoms with van der Waals surface area (Å²) in [5, 5.41) is 11.5. The second-order valence-electron chi connectivity index (χ2n) is 8.72. The summed E-state index contributed by atoms with van der Waals surface area (Å²) in [6.45, 7) is 8.03. The van der Waals surface area contributed by atoms with Gasteiger partial charge in [-0.05, 0) is 36.4 Å². The first-order valence-corrected chi connectivity index (χ1v) is 12.1. The number of rotatable bonds is 5. The summed E-state index contributed by atoms with van der Waals surface area (Å²) in [5.74, 6) is -1.12. The first-order chi connectivity index (χ1) is 16.7.